The van der Waals surface area contributed by atoms with Crippen molar-refractivity contribution in [2.75, 3.05) is 14.2 Å². The second-order valence-electron chi connectivity index (χ2n) is 5.96. The predicted molar refractivity (Wildman–Crippen MR) is 70.3 cm³/mol. The van der Waals surface area contributed by atoms with Crippen LogP contribution in [0.1, 0.15) is 40.0 Å². The number of ether oxygens (including phenoxy) is 1. The Hall–Kier alpha value is -1.30. The quantitative estimate of drug-likeness (QED) is 0.791. The molecule has 0 aliphatic heterocycles. The molecule has 0 spiro atoms. The molecular weight excluding hydrogens is 248 g/mol. The van der Waals surface area contributed by atoms with E-state index in [2.05, 4.69) is 5.32 Å². The molecule has 0 aromatic rings. The van der Waals surface area contributed by atoms with E-state index in [1.165, 1.54) is 12.2 Å². The Balaban J connectivity index is 2.20. The van der Waals surface area contributed by atoms with Gasteiger partial charge in [-0.15, -0.1) is 0 Å². The zero-order valence-corrected chi connectivity index (χ0v) is 12.4. The maximum Gasteiger partial charge on any atom is 0.407 e. The molecule has 6 heteroatoms. The summed E-state index contributed by atoms with van der Waals surface area (Å²) in [4.78, 5) is 27.9. The first kappa shape index (κ1) is 15.8. The molecule has 0 saturated heterocycles. The fraction of sp³-hybridized carbons (Fsp3) is 0.846. The van der Waals surface area contributed by atoms with Gasteiger partial charge in [-0.25, -0.2) is 9.86 Å². The van der Waals surface area contributed by atoms with Crippen molar-refractivity contribution in [1.82, 2.24) is 10.4 Å². The lowest BCUT2D eigenvalue weighted by Gasteiger charge is -2.36. The van der Waals surface area contributed by atoms with Gasteiger partial charge in [0.25, 0.3) is 0 Å². The summed E-state index contributed by atoms with van der Waals surface area (Å²) < 4.78 is 5.17. The molecule has 1 saturated carbocycles. The fourth-order valence-electron chi connectivity index (χ4n) is 1.97. The van der Waals surface area contributed by atoms with Crippen molar-refractivity contribution in [1.29, 1.82) is 0 Å². The van der Waals surface area contributed by atoms with Gasteiger partial charge in [-0.05, 0) is 39.5 Å². The second kappa shape index (κ2) is 6.23. The molecule has 0 bridgehead atoms. The number of carbonyl (C=O) groups is 2. The molecule has 1 aliphatic rings. The van der Waals surface area contributed by atoms with Gasteiger partial charge in [-0.3, -0.25) is 9.63 Å². The van der Waals surface area contributed by atoms with Crippen LogP contribution in [0.25, 0.3) is 0 Å². The predicted octanol–water partition coefficient (Wildman–Crippen LogP) is 1.70. The van der Waals surface area contributed by atoms with Crippen LogP contribution in [0.3, 0.4) is 0 Å². The zero-order valence-electron chi connectivity index (χ0n) is 12.4. The minimum Gasteiger partial charge on any atom is -0.444 e. The highest BCUT2D eigenvalue weighted by Gasteiger charge is 2.33. The van der Waals surface area contributed by atoms with E-state index in [9.17, 15) is 9.59 Å². The van der Waals surface area contributed by atoms with Crippen LogP contribution in [0.4, 0.5) is 4.79 Å². The Morgan fingerprint density at radius 2 is 1.89 bits per heavy atom. The lowest BCUT2D eigenvalue weighted by molar-refractivity contribution is -0.170. The van der Waals surface area contributed by atoms with Crippen molar-refractivity contribution < 1.29 is 19.2 Å². The first-order chi connectivity index (χ1) is 8.71. The molecular formula is C13H24N2O4. The summed E-state index contributed by atoms with van der Waals surface area (Å²) in [6, 6.07) is 0.112. The highest BCUT2D eigenvalue weighted by atomic mass is 16.7. The molecule has 2 amide bonds. The fourth-order valence-corrected chi connectivity index (χ4v) is 1.97. The maximum absolute atomic E-state index is 11.6. The van der Waals surface area contributed by atoms with E-state index in [0.717, 1.165) is 12.8 Å². The number of carbonyl (C=O) groups excluding carboxylic acids is 2. The Morgan fingerprint density at radius 3 is 2.37 bits per heavy atom. The van der Waals surface area contributed by atoms with Crippen LogP contribution in [-0.4, -0.2) is 42.9 Å². The summed E-state index contributed by atoms with van der Waals surface area (Å²) >= 11 is 0. The normalized spacial score (nSPS) is 22.4. The van der Waals surface area contributed by atoms with Crippen molar-refractivity contribution in [3.63, 3.8) is 0 Å². The van der Waals surface area contributed by atoms with Gasteiger partial charge in [0.15, 0.2) is 0 Å². The van der Waals surface area contributed by atoms with E-state index in [1.807, 2.05) is 20.8 Å². The molecule has 19 heavy (non-hydrogen) atoms. The molecule has 0 aromatic heterocycles. The number of nitrogens with zero attached hydrogens (tertiary/aromatic N) is 1. The van der Waals surface area contributed by atoms with Crippen LogP contribution in [-0.2, 0) is 14.4 Å². The van der Waals surface area contributed by atoms with Gasteiger partial charge in [0.05, 0.1) is 7.11 Å². The minimum atomic E-state index is -0.482. The second-order valence-corrected chi connectivity index (χ2v) is 5.96. The number of hydrogen-bond acceptors (Lipinski definition) is 4. The first-order valence-corrected chi connectivity index (χ1v) is 6.51. The van der Waals surface area contributed by atoms with Crippen LogP contribution in [0.2, 0.25) is 0 Å². The van der Waals surface area contributed by atoms with E-state index < -0.39 is 11.7 Å². The van der Waals surface area contributed by atoms with Crippen molar-refractivity contribution in [3.05, 3.63) is 0 Å². The average Bonchev–Trinajstić information content (AvgIpc) is 2.22. The molecule has 1 fully saturated rings. The van der Waals surface area contributed by atoms with Crippen LogP contribution in [0.5, 0.6) is 0 Å². The Bertz CT molecular complexity index is 332. The highest BCUT2D eigenvalue weighted by Crippen LogP contribution is 2.31. The molecule has 1 N–H and O–H groups in total. The summed E-state index contributed by atoms with van der Waals surface area (Å²) in [5.41, 5.74) is -0.482. The van der Waals surface area contributed by atoms with Crippen LogP contribution in [0, 0.1) is 5.92 Å². The lowest BCUT2D eigenvalue weighted by atomic mass is 9.78. The number of amides is 2. The summed E-state index contributed by atoms with van der Waals surface area (Å²) in [6.45, 7) is 5.49. The Morgan fingerprint density at radius 1 is 1.32 bits per heavy atom. The van der Waals surface area contributed by atoms with Gasteiger partial charge in [0.1, 0.15) is 5.60 Å². The molecule has 0 heterocycles. The number of hydrogen-bond donors (Lipinski definition) is 1. The number of rotatable bonds is 4. The first-order valence-electron chi connectivity index (χ1n) is 6.51. The highest BCUT2D eigenvalue weighted by molar-refractivity contribution is 5.75. The molecule has 1 aliphatic carbocycles. The topological polar surface area (TPSA) is 67.9 Å². The molecule has 0 aromatic carbocycles. The molecule has 6 nitrogen and oxygen atoms in total. The van der Waals surface area contributed by atoms with Gasteiger partial charge in [-0.1, -0.05) is 0 Å². The SMILES string of the molecule is CON(C)C(=O)C[C@H]1C[C@H](NC(=O)OC(C)(C)C)C1. The van der Waals surface area contributed by atoms with Crippen LogP contribution >= 0.6 is 0 Å². The monoisotopic (exact) mass is 272 g/mol. The summed E-state index contributed by atoms with van der Waals surface area (Å²) in [6.07, 6.45) is 1.68. The standard InChI is InChI=1S/C13H24N2O4/c1-13(2,3)19-12(17)14-10-6-9(7-10)8-11(16)15(4)18-5/h9-10H,6-8H2,1-5H3,(H,14,17)/t9-,10-. The number of nitrogens with one attached hydrogen (secondary N) is 1. The number of alkyl carbamates (subject to hydrolysis) is 1. The van der Waals surface area contributed by atoms with Crippen LogP contribution < -0.4 is 5.32 Å². The maximum atomic E-state index is 11.6. The van der Waals surface area contributed by atoms with E-state index >= 15 is 0 Å². The van der Waals surface area contributed by atoms with Gasteiger partial charge in [0, 0.05) is 19.5 Å². The molecule has 0 unspecified atom stereocenters. The smallest absolute Gasteiger partial charge is 0.407 e. The van der Waals surface area contributed by atoms with Gasteiger partial charge in [0.2, 0.25) is 5.91 Å². The van der Waals surface area contributed by atoms with Gasteiger partial charge in [-0.2, -0.15) is 0 Å². The van der Waals surface area contributed by atoms with E-state index in [-0.39, 0.29) is 11.9 Å². The molecule has 1 rings (SSSR count). The van der Waals surface area contributed by atoms with Gasteiger partial charge >= 0.3 is 6.09 Å². The lowest BCUT2D eigenvalue weighted by Crippen LogP contribution is -2.47. The largest absolute Gasteiger partial charge is 0.444 e. The van der Waals surface area contributed by atoms with Crippen molar-refractivity contribution in [2.45, 2.75) is 51.7 Å². The molecule has 0 atom stereocenters. The number of hydroxylamine groups is 2. The minimum absolute atomic E-state index is 0.0387. The Labute approximate surface area is 114 Å². The van der Waals surface area contributed by atoms with Crippen molar-refractivity contribution >= 4 is 12.0 Å². The zero-order chi connectivity index (χ0) is 14.6. The average molecular weight is 272 g/mol. The van der Waals surface area contributed by atoms with Crippen LogP contribution in [0.15, 0.2) is 0 Å². The summed E-state index contributed by atoms with van der Waals surface area (Å²) in [5, 5.41) is 4.03. The molecule has 110 valence electrons. The van der Waals surface area contributed by atoms with Gasteiger partial charge < -0.3 is 10.1 Å². The third-order valence-corrected chi connectivity index (χ3v) is 3.04. The van der Waals surface area contributed by atoms with E-state index in [1.54, 1.807) is 7.05 Å². The van der Waals surface area contributed by atoms with Crippen molar-refractivity contribution in [2.24, 2.45) is 5.92 Å². The molecule has 0 radical (unpaired) electrons. The third kappa shape index (κ3) is 5.46. The van der Waals surface area contributed by atoms with E-state index in [4.69, 9.17) is 9.57 Å². The Kier molecular flexibility index (Phi) is 5.17. The van der Waals surface area contributed by atoms with Crippen molar-refractivity contribution in [3.8, 4) is 0 Å². The van der Waals surface area contributed by atoms with E-state index in [0.29, 0.717) is 12.3 Å². The summed E-state index contributed by atoms with van der Waals surface area (Å²) in [7, 11) is 3.06. The summed E-state index contributed by atoms with van der Waals surface area (Å²) in [5.74, 6) is 0.272. The third-order valence-electron chi connectivity index (χ3n) is 3.04.